The molecule has 3 heterocycles. The molecule has 12 N–H and O–H groups in total. The molecule has 300 valence electrons. The van der Waals surface area contributed by atoms with Gasteiger partial charge in [0.25, 0.3) is 0 Å². The lowest BCUT2D eigenvalue weighted by molar-refractivity contribution is -0.388. The highest BCUT2D eigenvalue weighted by molar-refractivity contribution is 5.75. The minimum atomic E-state index is -1.86. The van der Waals surface area contributed by atoms with Gasteiger partial charge in [-0.25, -0.2) is 0 Å². The maximum Gasteiger partial charge on any atom is 0.220 e. The summed E-state index contributed by atoms with van der Waals surface area (Å²) in [6.45, 7) is 5.13. The minimum Gasteiger partial charge on any atom is -0.394 e. The third-order valence-electron chi connectivity index (χ3n) is 9.50. The first kappa shape index (κ1) is 44.2. The lowest BCUT2D eigenvalue weighted by Crippen LogP contribution is -2.69. The Bertz CT molecular complexity index is 1030. The van der Waals surface area contributed by atoms with Crippen LogP contribution in [0.2, 0.25) is 0 Å². The fourth-order valence-electron chi connectivity index (χ4n) is 6.22. The Kier molecular flexibility index (Phi) is 17.7. The summed E-state index contributed by atoms with van der Waals surface area (Å²) in [5, 5.41) is 98.4. The van der Waals surface area contributed by atoms with Crippen molar-refractivity contribution < 1.29 is 83.9 Å². The highest BCUT2D eigenvalue weighted by Crippen LogP contribution is 2.36. The van der Waals surface area contributed by atoms with E-state index in [-0.39, 0.29) is 19.1 Å². The number of hydrogen-bond donors (Lipinski definition) is 11. The lowest BCUT2D eigenvalue weighted by atomic mass is 9.86. The van der Waals surface area contributed by atoms with E-state index in [1.807, 2.05) is 6.92 Å². The standard InChI is InChI=1S/C32H60N2O17/c1-5-15(2)46-26-22(41)18(14-37)48-30(25(26)44)51-28-24(43)21(40)17(13-36)49-31(28)50-27-23(42)20(39)16(12-35)47-29(27)32(3,4)45-11-10-34-19(38)8-6-7-9-33/h15-18,20-31,35-37,39-44H,5-14,33H2,1-4H3,(H,34,38)/t15?,16-,17?,18?,20-,21+,22-,23?,24?,25?,26?,27?,28?,29+,30+,31-/m1/s1. The van der Waals surface area contributed by atoms with E-state index < -0.39 is 123 Å². The number of hydrogen-bond acceptors (Lipinski definition) is 18. The molecular weight excluding hydrogens is 684 g/mol. The number of ether oxygens (including phenoxy) is 7. The molecule has 0 bridgehead atoms. The zero-order valence-corrected chi connectivity index (χ0v) is 29.7. The Labute approximate surface area is 297 Å². The zero-order valence-electron chi connectivity index (χ0n) is 29.7. The highest BCUT2D eigenvalue weighted by Gasteiger charge is 2.56. The molecule has 0 aromatic carbocycles. The van der Waals surface area contributed by atoms with Crippen LogP contribution in [0.25, 0.3) is 0 Å². The second-order valence-electron chi connectivity index (χ2n) is 13.7. The molecule has 3 fully saturated rings. The fraction of sp³-hybridized carbons (Fsp3) is 0.969. The van der Waals surface area contributed by atoms with Gasteiger partial charge >= 0.3 is 0 Å². The molecular formula is C32H60N2O17. The molecule has 1 amide bonds. The molecule has 19 nitrogen and oxygen atoms in total. The number of carbonyl (C=O) groups is 1. The Morgan fingerprint density at radius 2 is 1.31 bits per heavy atom. The predicted molar refractivity (Wildman–Crippen MR) is 174 cm³/mol. The van der Waals surface area contributed by atoms with Crippen molar-refractivity contribution in [1.29, 1.82) is 0 Å². The number of carbonyl (C=O) groups excluding carboxylic acids is 1. The smallest absolute Gasteiger partial charge is 0.220 e. The molecule has 3 rings (SSSR count). The molecule has 9 unspecified atom stereocenters. The summed E-state index contributed by atoms with van der Waals surface area (Å²) in [4.78, 5) is 12.1. The third-order valence-corrected chi connectivity index (χ3v) is 9.50. The van der Waals surface area contributed by atoms with Crippen molar-refractivity contribution in [3.8, 4) is 0 Å². The van der Waals surface area contributed by atoms with Crippen molar-refractivity contribution in [1.82, 2.24) is 5.32 Å². The molecule has 3 aliphatic heterocycles. The van der Waals surface area contributed by atoms with Crippen LogP contribution in [0.3, 0.4) is 0 Å². The van der Waals surface area contributed by atoms with E-state index in [1.54, 1.807) is 20.8 Å². The van der Waals surface area contributed by atoms with Crippen molar-refractivity contribution in [3.63, 3.8) is 0 Å². The summed E-state index contributed by atoms with van der Waals surface area (Å²) in [5.41, 5.74) is 4.14. The van der Waals surface area contributed by atoms with Crippen LogP contribution in [0.15, 0.2) is 0 Å². The van der Waals surface area contributed by atoms with E-state index >= 15 is 0 Å². The number of aliphatic hydroxyl groups is 9. The lowest BCUT2D eigenvalue weighted by Gasteiger charge is -2.51. The van der Waals surface area contributed by atoms with E-state index in [9.17, 15) is 50.8 Å². The van der Waals surface area contributed by atoms with E-state index in [0.29, 0.717) is 32.2 Å². The number of rotatable bonds is 19. The largest absolute Gasteiger partial charge is 0.394 e. The SMILES string of the molecule is CCC(C)OC1C(O)[C@H](OC2C(O)[C@@H](O)C(CO)O[C@@H]2OC2C(O)[C@H](O)[C@@H](CO)O[C@@H]2C(C)(C)OCCNC(=O)CCCCN)OC(CO)[C@H]1O. The summed E-state index contributed by atoms with van der Waals surface area (Å²) in [7, 11) is 0. The highest BCUT2D eigenvalue weighted by atomic mass is 16.8. The summed E-state index contributed by atoms with van der Waals surface area (Å²) in [6.07, 6.45) is -21.7. The number of amides is 1. The second-order valence-corrected chi connectivity index (χ2v) is 13.7. The van der Waals surface area contributed by atoms with E-state index in [0.717, 1.165) is 0 Å². The number of nitrogens with one attached hydrogen (secondary N) is 1. The third kappa shape index (κ3) is 11.2. The van der Waals surface area contributed by atoms with Crippen LogP contribution in [0, 0.1) is 0 Å². The molecule has 16 atom stereocenters. The quantitative estimate of drug-likeness (QED) is 0.0554. The average molecular weight is 745 g/mol. The first-order chi connectivity index (χ1) is 24.1. The number of unbranched alkanes of at least 4 members (excludes halogenated alkanes) is 1. The fourth-order valence-corrected chi connectivity index (χ4v) is 6.22. The molecule has 0 radical (unpaired) electrons. The van der Waals surface area contributed by atoms with Crippen molar-refractivity contribution in [2.45, 2.75) is 157 Å². The van der Waals surface area contributed by atoms with Crippen LogP contribution in [0.5, 0.6) is 0 Å². The Morgan fingerprint density at radius 1 is 0.765 bits per heavy atom. The second kappa shape index (κ2) is 20.5. The Hall–Kier alpha value is -1.21. The molecule has 3 saturated heterocycles. The molecule has 0 aromatic rings. The van der Waals surface area contributed by atoms with Crippen LogP contribution in [-0.2, 0) is 38.0 Å². The maximum absolute atomic E-state index is 12.1. The van der Waals surface area contributed by atoms with Crippen molar-refractivity contribution in [3.05, 3.63) is 0 Å². The van der Waals surface area contributed by atoms with Gasteiger partial charge in [-0.2, -0.15) is 0 Å². The normalized spacial score (nSPS) is 39.8. The molecule has 0 aromatic heterocycles. The first-order valence-corrected chi connectivity index (χ1v) is 17.6. The van der Waals surface area contributed by atoms with Gasteiger partial charge in [-0.05, 0) is 46.6 Å². The predicted octanol–water partition coefficient (Wildman–Crippen LogP) is -4.66. The molecule has 0 aliphatic carbocycles. The number of nitrogens with two attached hydrogens (primary N) is 1. The van der Waals surface area contributed by atoms with Crippen LogP contribution in [-0.4, -0.2) is 195 Å². The van der Waals surface area contributed by atoms with Crippen LogP contribution in [0.1, 0.15) is 53.4 Å². The number of aliphatic hydroxyl groups excluding tert-OH is 9. The van der Waals surface area contributed by atoms with Gasteiger partial charge in [0.1, 0.15) is 79.4 Å². The van der Waals surface area contributed by atoms with Crippen LogP contribution < -0.4 is 11.1 Å². The maximum atomic E-state index is 12.1. The van der Waals surface area contributed by atoms with Crippen LogP contribution >= 0.6 is 0 Å². The van der Waals surface area contributed by atoms with Crippen molar-refractivity contribution in [2.75, 3.05) is 39.5 Å². The van der Waals surface area contributed by atoms with Gasteiger partial charge in [-0.3, -0.25) is 4.79 Å². The van der Waals surface area contributed by atoms with Crippen molar-refractivity contribution >= 4 is 5.91 Å². The van der Waals surface area contributed by atoms with Gasteiger partial charge in [0.2, 0.25) is 5.91 Å². The van der Waals surface area contributed by atoms with Gasteiger partial charge in [-0.15, -0.1) is 0 Å². The molecule has 51 heavy (non-hydrogen) atoms. The van der Waals surface area contributed by atoms with E-state index in [4.69, 9.17) is 38.9 Å². The molecule has 3 aliphatic rings. The van der Waals surface area contributed by atoms with E-state index in [1.165, 1.54) is 0 Å². The molecule has 19 heteroatoms. The Morgan fingerprint density at radius 3 is 1.90 bits per heavy atom. The van der Waals surface area contributed by atoms with Gasteiger partial charge in [0.15, 0.2) is 12.6 Å². The summed E-state index contributed by atoms with van der Waals surface area (Å²) in [6, 6.07) is 0. The van der Waals surface area contributed by atoms with Gasteiger partial charge in [-0.1, -0.05) is 6.92 Å². The zero-order chi connectivity index (χ0) is 38.0. The molecule has 0 spiro atoms. The Balaban J connectivity index is 1.86. The van der Waals surface area contributed by atoms with Gasteiger partial charge in [0, 0.05) is 13.0 Å². The average Bonchev–Trinajstić information content (AvgIpc) is 3.10. The van der Waals surface area contributed by atoms with Crippen molar-refractivity contribution in [2.24, 2.45) is 5.73 Å². The topological polar surface area (TPSA) is 302 Å². The summed E-state index contributed by atoms with van der Waals surface area (Å²) >= 11 is 0. The van der Waals surface area contributed by atoms with Crippen LogP contribution in [0.4, 0.5) is 0 Å². The van der Waals surface area contributed by atoms with Gasteiger partial charge < -0.3 is 90.2 Å². The minimum absolute atomic E-state index is 0.0114. The monoisotopic (exact) mass is 744 g/mol. The van der Waals surface area contributed by atoms with Gasteiger partial charge in [0.05, 0.1) is 38.1 Å². The molecule has 0 saturated carbocycles. The first-order valence-electron chi connectivity index (χ1n) is 17.6. The summed E-state index contributed by atoms with van der Waals surface area (Å²) in [5.74, 6) is -0.191. The summed E-state index contributed by atoms with van der Waals surface area (Å²) < 4.78 is 41.3. The van der Waals surface area contributed by atoms with E-state index in [2.05, 4.69) is 5.32 Å².